The average molecular weight is 269 g/mol. The van der Waals surface area contributed by atoms with E-state index in [9.17, 15) is 8.42 Å². The van der Waals surface area contributed by atoms with Crippen molar-refractivity contribution in [3.63, 3.8) is 0 Å². The Morgan fingerprint density at radius 2 is 2.22 bits per heavy atom. The molecular weight excluding hydrogens is 250 g/mol. The average Bonchev–Trinajstić information content (AvgIpc) is 2.81. The van der Waals surface area contributed by atoms with E-state index in [1.807, 2.05) is 6.92 Å². The van der Waals surface area contributed by atoms with E-state index in [4.69, 9.17) is 4.74 Å². The molecule has 1 aromatic rings. The fourth-order valence-corrected chi connectivity index (χ4v) is 4.04. The number of ether oxygens (including phenoxy) is 1. The molecular formula is C13H19NO3S. The lowest BCUT2D eigenvalue weighted by atomic mass is 10.2. The van der Waals surface area contributed by atoms with Gasteiger partial charge in [0, 0.05) is 0 Å². The van der Waals surface area contributed by atoms with Gasteiger partial charge in [0.2, 0.25) is 0 Å². The molecule has 1 unspecified atom stereocenters. The smallest absolute Gasteiger partial charge is 0.178 e. The van der Waals surface area contributed by atoms with Crippen LogP contribution in [0.2, 0.25) is 0 Å². The van der Waals surface area contributed by atoms with Gasteiger partial charge in [-0.3, -0.25) is 0 Å². The van der Waals surface area contributed by atoms with Crippen molar-refractivity contribution >= 4 is 9.84 Å². The molecule has 0 spiro atoms. The molecule has 5 heteroatoms. The summed E-state index contributed by atoms with van der Waals surface area (Å²) in [6, 6.07) is 5.04. The van der Waals surface area contributed by atoms with E-state index < -0.39 is 9.84 Å². The number of methoxy groups -OCH3 is 1. The minimum atomic E-state index is -3.19. The van der Waals surface area contributed by atoms with E-state index in [0.717, 1.165) is 30.8 Å². The highest BCUT2D eigenvalue weighted by atomic mass is 32.2. The molecule has 1 aliphatic heterocycles. The second-order valence-electron chi connectivity index (χ2n) is 4.77. The predicted molar refractivity (Wildman–Crippen MR) is 70.8 cm³/mol. The van der Waals surface area contributed by atoms with Gasteiger partial charge in [-0.2, -0.15) is 0 Å². The first kappa shape index (κ1) is 13.4. The Bertz CT molecular complexity index is 519. The maximum Gasteiger partial charge on any atom is 0.178 e. The van der Waals surface area contributed by atoms with E-state index in [1.165, 1.54) is 0 Å². The number of sulfone groups is 1. The summed E-state index contributed by atoms with van der Waals surface area (Å²) in [6.45, 7) is 3.57. The van der Waals surface area contributed by atoms with Gasteiger partial charge in [-0.05, 0) is 56.1 Å². The molecule has 1 heterocycles. The number of aryl methyl sites for hydroxylation is 1. The molecule has 0 saturated carbocycles. The summed E-state index contributed by atoms with van der Waals surface area (Å²) >= 11 is 0. The highest BCUT2D eigenvalue weighted by Gasteiger charge is 2.24. The van der Waals surface area contributed by atoms with Crippen LogP contribution in [0.15, 0.2) is 23.1 Å². The molecule has 1 aromatic carbocycles. The van der Waals surface area contributed by atoms with Crippen LogP contribution < -0.4 is 10.1 Å². The largest absolute Gasteiger partial charge is 0.496 e. The molecule has 18 heavy (non-hydrogen) atoms. The maximum absolute atomic E-state index is 12.3. The third-order valence-corrected chi connectivity index (χ3v) is 5.23. The third kappa shape index (κ3) is 2.84. The molecule has 0 radical (unpaired) electrons. The zero-order valence-corrected chi connectivity index (χ0v) is 11.6. The second-order valence-corrected chi connectivity index (χ2v) is 6.81. The molecule has 2 rings (SSSR count). The topological polar surface area (TPSA) is 55.4 Å². The predicted octanol–water partition coefficient (Wildman–Crippen LogP) is 1.39. The summed E-state index contributed by atoms with van der Waals surface area (Å²) in [5.74, 6) is 1.18. The highest BCUT2D eigenvalue weighted by molar-refractivity contribution is 7.91. The summed E-state index contributed by atoms with van der Waals surface area (Å²) in [6.07, 6.45) is 0.939. The monoisotopic (exact) mass is 269 g/mol. The molecule has 4 nitrogen and oxygen atoms in total. The minimum Gasteiger partial charge on any atom is -0.496 e. The standard InChI is InChI=1S/C13H19NO3S/c1-10-7-12(3-4-13(10)17-2)18(15,16)9-11-5-6-14-8-11/h3-4,7,11,14H,5-6,8-9H2,1-2H3. The van der Waals surface area contributed by atoms with Gasteiger partial charge < -0.3 is 10.1 Å². The van der Waals surface area contributed by atoms with Crippen molar-refractivity contribution in [1.82, 2.24) is 5.32 Å². The lowest BCUT2D eigenvalue weighted by molar-refractivity contribution is 0.411. The zero-order chi connectivity index (χ0) is 13.2. The van der Waals surface area contributed by atoms with Gasteiger partial charge in [0.05, 0.1) is 17.8 Å². The van der Waals surface area contributed by atoms with Crippen LogP contribution in [0.4, 0.5) is 0 Å². The van der Waals surface area contributed by atoms with E-state index in [1.54, 1.807) is 25.3 Å². The minimum absolute atomic E-state index is 0.228. The van der Waals surface area contributed by atoms with Gasteiger partial charge in [0.25, 0.3) is 0 Å². The molecule has 0 aliphatic carbocycles. The van der Waals surface area contributed by atoms with Crippen molar-refractivity contribution < 1.29 is 13.2 Å². The quantitative estimate of drug-likeness (QED) is 0.897. The van der Waals surface area contributed by atoms with Gasteiger partial charge in [0.1, 0.15) is 5.75 Å². The van der Waals surface area contributed by atoms with Gasteiger partial charge in [0.15, 0.2) is 9.84 Å². The van der Waals surface area contributed by atoms with Crippen LogP contribution in [0.3, 0.4) is 0 Å². The fraction of sp³-hybridized carbons (Fsp3) is 0.538. The molecule has 1 atom stereocenters. The van der Waals surface area contributed by atoms with E-state index >= 15 is 0 Å². The lowest BCUT2D eigenvalue weighted by Crippen LogP contribution is -2.19. The van der Waals surface area contributed by atoms with Crippen LogP contribution in [0.5, 0.6) is 5.75 Å². The third-order valence-electron chi connectivity index (χ3n) is 3.34. The van der Waals surface area contributed by atoms with Crippen molar-refractivity contribution in [2.24, 2.45) is 5.92 Å². The fourth-order valence-electron chi connectivity index (χ4n) is 2.31. The Hall–Kier alpha value is -1.07. The Morgan fingerprint density at radius 3 is 2.78 bits per heavy atom. The van der Waals surface area contributed by atoms with E-state index in [0.29, 0.717) is 4.90 Å². The van der Waals surface area contributed by atoms with Crippen molar-refractivity contribution in [1.29, 1.82) is 0 Å². The van der Waals surface area contributed by atoms with Gasteiger partial charge >= 0.3 is 0 Å². The van der Waals surface area contributed by atoms with Gasteiger partial charge in [-0.15, -0.1) is 0 Å². The normalized spacial score (nSPS) is 20.0. The van der Waals surface area contributed by atoms with E-state index in [2.05, 4.69) is 5.32 Å². The first-order valence-corrected chi connectivity index (χ1v) is 7.76. The van der Waals surface area contributed by atoms with Crippen LogP contribution in [-0.4, -0.2) is 34.4 Å². The number of benzene rings is 1. The van der Waals surface area contributed by atoms with Crippen LogP contribution in [-0.2, 0) is 9.84 Å². The molecule has 0 aromatic heterocycles. The summed E-state index contributed by atoms with van der Waals surface area (Å²) in [4.78, 5) is 0.396. The van der Waals surface area contributed by atoms with Crippen LogP contribution in [0.25, 0.3) is 0 Å². The number of nitrogens with one attached hydrogen (secondary N) is 1. The molecule has 0 bridgehead atoms. The summed E-state index contributed by atoms with van der Waals surface area (Å²) < 4.78 is 29.7. The lowest BCUT2D eigenvalue weighted by Gasteiger charge is -2.11. The van der Waals surface area contributed by atoms with Crippen molar-refractivity contribution in [2.45, 2.75) is 18.2 Å². The maximum atomic E-state index is 12.3. The first-order chi connectivity index (χ1) is 8.53. The molecule has 1 fully saturated rings. The number of hydrogen-bond acceptors (Lipinski definition) is 4. The highest BCUT2D eigenvalue weighted by Crippen LogP contribution is 2.24. The van der Waals surface area contributed by atoms with Crippen LogP contribution in [0, 0.1) is 12.8 Å². The van der Waals surface area contributed by atoms with Crippen LogP contribution in [0.1, 0.15) is 12.0 Å². The van der Waals surface area contributed by atoms with Crippen molar-refractivity contribution in [3.05, 3.63) is 23.8 Å². The SMILES string of the molecule is COc1ccc(S(=O)(=O)CC2CCNC2)cc1C. The molecule has 100 valence electrons. The molecule has 0 amide bonds. The Labute approximate surface area is 108 Å². The first-order valence-electron chi connectivity index (χ1n) is 6.11. The second kappa shape index (κ2) is 5.28. The van der Waals surface area contributed by atoms with Crippen molar-refractivity contribution in [2.75, 3.05) is 26.0 Å². The number of rotatable bonds is 4. The molecule has 1 aliphatic rings. The number of hydrogen-bond donors (Lipinski definition) is 1. The summed E-state index contributed by atoms with van der Waals surface area (Å²) in [5, 5.41) is 3.19. The zero-order valence-electron chi connectivity index (χ0n) is 10.8. The van der Waals surface area contributed by atoms with Crippen LogP contribution >= 0.6 is 0 Å². The molecule has 1 N–H and O–H groups in total. The van der Waals surface area contributed by atoms with E-state index in [-0.39, 0.29) is 11.7 Å². The summed E-state index contributed by atoms with van der Waals surface area (Å²) in [5.41, 5.74) is 0.850. The van der Waals surface area contributed by atoms with Crippen molar-refractivity contribution in [3.8, 4) is 5.75 Å². The van der Waals surface area contributed by atoms with Gasteiger partial charge in [-0.1, -0.05) is 0 Å². The summed E-state index contributed by atoms with van der Waals surface area (Å²) in [7, 11) is -1.60. The Morgan fingerprint density at radius 1 is 1.44 bits per heavy atom. The van der Waals surface area contributed by atoms with Gasteiger partial charge in [-0.25, -0.2) is 8.42 Å². The molecule has 1 saturated heterocycles. The Balaban J connectivity index is 2.21. The Kier molecular flexibility index (Phi) is 3.92.